The highest BCUT2D eigenvalue weighted by Gasteiger charge is 2.16. The number of aryl methyl sites for hydroxylation is 2. The van der Waals surface area contributed by atoms with Gasteiger partial charge in [0.1, 0.15) is 11.1 Å². The molecule has 0 aliphatic heterocycles. The number of nitriles is 1. The van der Waals surface area contributed by atoms with Gasteiger partial charge in [0.05, 0.1) is 11.3 Å². The molecule has 23 heavy (non-hydrogen) atoms. The first kappa shape index (κ1) is 16.0. The molecule has 0 saturated carbocycles. The van der Waals surface area contributed by atoms with Gasteiger partial charge in [0.2, 0.25) is 0 Å². The summed E-state index contributed by atoms with van der Waals surface area (Å²) in [6.45, 7) is 0. The molecule has 0 fully saturated rings. The van der Waals surface area contributed by atoms with Crippen LogP contribution in [-0.4, -0.2) is 16.5 Å². The van der Waals surface area contributed by atoms with E-state index in [4.69, 9.17) is 11.6 Å². The van der Waals surface area contributed by atoms with Gasteiger partial charge in [0.25, 0.3) is 0 Å². The van der Waals surface area contributed by atoms with Crippen molar-refractivity contribution in [2.45, 2.75) is 30.7 Å². The van der Waals surface area contributed by atoms with Crippen LogP contribution >= 0.6 is 23.4 Å². The Morgan fingerprint density at radius 2 is 2.13 bits per heavy atom. The number of Topliss-reactive ketones (excluding diaryl/α,β-unsaturated/α-hetero) is 1. The van der Waals surface area contributed by atoms with Gasteiger partial charge in [-0.05, 0) is 49.4 Å². The molecule has 0 radical (unpaired) electrons. The SMILES string of the molecule is N#Cc1cc2c(nc1SCC(=O)c1cccc(Cl)c1)CCCC2. The minimum Gasteiger partial charge on any atom is -0.293 e. The summed E-state index contributed by atoms with van der Waals surface area (Å²) >= 11 is 7.25. The van der Waals surface area contributed by atoms with Crippen molar-refractivity contribution in [3.8, 4) is 6.07 Å². The second-order valence-electron chi connectivity index (χ2n) is 5.49. The van der Waals surface area contributed by atoms with Crippen molar-refractivity contribution in [1.29, 1.82) is 5.26 Å². The normalized spacial score (nSPS) is 13.2. The number of hydrogen-bond donors (Lipinski definition) is 0. The molecule has 1 aromatic heterocycles. The molecule has 1 aromatic carbocycles. The average Bonchev–Trinajstić information content (AvgIpc) is 2.58. The smallest absolute Gasteiger partial charge is 0.173 e. The molecule has 0 unspecified atom stereocenters. The lowest BCUT2D eigenvalue weighted by Gasteiger charge is -2.16. The van der Waals surface area contributed by atoms with Crippen LogP contribution in [0.1, 0.15) is 40.0 Å². The number of nitrogens with zero attached hydrogens (tertiary/aromatic N) is 2. The van der Waals surface area contributed by atoms with Crippen LogP contribution in [0.2, 0.25) is 5.02 Å². The van der Waals surface area contributed by atoms with E-state index >= 15 is 0 Å². The van der Waals surface area contributed by atoms with Crippen molar-refractivity contribution in [2.24, 2.45) is 0 Å². The van der Waals surface area contributed by atoms with Gasteiger partial charge < -0.3 is 0 Å². The largest absolute Gasteiger partial charge is 0.293 e. The number of ketones is 1. The molecule has 0 N–H and O–H groups in total. The number of carbonyl (C=O) groups excluding carboxylic acids is 1. The first-order valence-corrected chi connectivity index (χ1v) is 8.88. The Morgan fingerprint density at radius 1 is 1.30 bits per heavy atom. The maximum absolute atomic E-state index is 12.3. The highest BCUT2D eigenvalue weighted by atomic mass is 35.5. The van der Waals surface area contributed by atoms with Gasteiger partial charge in [-0.2, -0.15) is 5.26 Å². The molecule has 0 atom stereocenters. The van der Waals surface area contributed by atoms with Crippen molar-refractivity contribution in [1.82, 2.24) is 4.98 Å². The highest BCUT2D eigenvalue weighted by molar-refractivity contribution is 8.00. The standard InChI is InChI=1S/C18H15ClN2OS/c19-15-6-3-5-13(9-15)17(22)11-23-18-14(10-20)8-12-4-1-2-7-16(12)21-18/h3,5-6,8-9H,1-2,4,7,11H2. The third-order valence-electron chi connectivity index (χ3n) is 3.87. The van der Waals surface area contributed by atoms with Crippen LogP contribution in [0.15, 0.2) is 35.4 Å². The zero-order valence-corrected chi connectivity index (χ0v) is 14.1. The number of pyridine rings is 1. The van der Waals surface area contributed by atoms with Gasteiger partial charge in [-0.15, -0.1) is 0 Å². The monoisotopic (exact) mass is 342 g/mol. The number of benzene rings is 1. The molecule has 3 rings (SSSR count). The van der Waals surface area contributed by atoms with E-state index in [-0.39, 0.29) is 11.5 Å². The summed E-state index contributed by atoms with van der Waals surface area (Å²) in [6, 6.07) is 11.1. The Morgan fingerprint density at radius 3 is 2.91 bits per heavy atom. The molecular formula is C18H15ClN2OS. The fourth-order valence-corrected chi connectivity index (χ4v) is 3.74. The topological polar surface area (TPSA) is 53.8 Å². The van der Waals surface area contributed by atoms with E-state index in [9.17, 15) is 10.1 Å². The molecule has 0 amide bonds. The highest BCUT2D eigenvalue weighted by Crippen LogP contribution is 2.27. The molecule has 1 heterocycles. The second kappa shape index (κ2) is 7.16. The number of hydrogen-bond acceptors (Lipinski definition) is 4. The maximum Gasteiger partial charge on any atom is 0.173 e. The zero-order chi connectivity index (χ0) is 16.2. The number of rotatable bonds is 4. The van der Waals surface area contributed by atoms with Crippen LogP contribution in [0.5, 0.6) is 0 Å². The van der Waals surface area contributed by atoms with Gasteiger partial charge >= 0.3 is 0 Å². The lowest BCUT2D eigenvalue weighted by atomic mass is 9.95. The van der Waals surface area contributed by atoms with Crippen LogP contribution in [0.25, 0.3) is 0 Å². The van der Waals surface area contributed by atoms with Crippen molar-refractivity contribution in [3.63, 3.8) is 0 Å². The molecule has 0 saturated heterocycles. The van der Waals surface area contributed by atoms with Crippen molar-refractivity contribution < 1.29 is 4.79 Å². The molecule has 3 nitrogen and oxygen atoms in total. The molecule has 1 aliphatic carbocycles. The molecule has 116 valence electrons. The lowest BCUT2D eigenvalue weighted by molar-refractivity contribution is 0.102. The van der Waals surface area contributed by atoms with Gasteiger partial charge in [-0.25, -0.2) is 4.98 Å². The summed E-state index contributed by atoms with van der Waals surface area (Å²) in [4.78, 5) is 16.9. The van der Waals surface area contributed by atoms with E-state index in [1.165, 1.54) is 17.3 Å². The van der Waals surface area contributed by atoms with Crippen LogP contribution in [0.4, 0.5) is 0 Å². The van der Waals surface area contributed by atoms with Gasteiger partial charge in [0.15, 0.2) is 5.78 Å². The summed E-state index contributed by atoms with van der Waals surface area (Å²) in [5.41, 5.74) is 3.40. The second-order valence-corrected chi connectivity index (χ2v) is 6.89. The third-order valence-corrected chi connectivity index (χ3v) is 5.10. The Hall–Kier alpha value is -1.83. The average molecular weight is 343 g/mol. The van der Waals surface area contributed by atoms with Crippen LogP contribution in [0.3, 0.4) is 0 Å². The first-order chi connectivity index (χ1) is 11.2. The van der Waals surface area contributed by atoms with E-state index in [2.05, 4.69) is 11.1 Å². The maximum atomic E-state index is 12.3. The Kier molecular flexibility index (Phi) is 5.00. The lowest BCUT2D eigenvalue weighted by Crippen LogP contribution is -2.08. The molecule has 5 heteroatoms. The fourth-order valence-electron chi connectivity index (χ4n) is 2.68. The van der Waals surface area contributed by atoms with Crippen LogP contribution in [0, 0.1) is 11.3 Å². The molecule has 0 bridgehead atoms. The van der Waals surface area contributed by atoms with Crippen LogP contribution < -0.4 is 0 Å². The fraction of sp³-hybridized carbons (Fsp3) is 0.278. The van der Waals surface area contributed by atoms with Crippen molar-refractivity contribution in [2.75, 3.05) is 5.75 Å². The van der Waals surface area contributed by atoms with E-state index in [1.807, 2.05) is 6.07 Å². The Bertz CT molecular complexity index is 798. The number of fused-ring (bicyclic) bond motifs is 1. The summed E-state index contributed by atoms with van der Waals surface area (Å²) < 4.78 is 0. The molecule has 2 aromatic rings. The zero-order valence-electron chi connectivity index (χ0n) is 12.5. The Balaban J connectivity index is 1.77. The predicted molar refractivity (Wildman–Crippen MR) is 92.1 cm³/mol. The van der Waals surface area contributed by atoms with Gasteiger partial charge in [-0.1, -0.05) is 35.5 Å². The van der Waals surface area contributed by atoms with E-state index in [0.29, 0.717) is 21.2 Å². The summed E-state index contributed by atoms with van der Waals surface area (Å²) in [5, 5.41) is 10.5. The Labute approximate surface area is 144 Å². The van der Waals surface area contributed by atoms with E-state index in [1.54, 1.807) is 24.3 Å². The number of carbonyl (C=O) groups is 1. The van der Waals surface area contributed by atoms with Gasteiger partial charge in [0, 0.05) is 16.3 Å². The molecular weight excluding hydrogens is 328 g/mol. The quantitative estimate of drug-likeness (QED) is 0.608. The molecule has 0 spiro atoms. The van der Waals surface area contributed by atoms with E-state index in [0.717, 1.165) is 31.4 Å². The predicted octanol–water partition coefficient (Wildman–Crippen LogP) is 4.46. The molecule has 1 aliphatic rings. The summed E-state index contributed by atoms with van der Waals surface area (Å²) in [5.74, 6) is 0.238. The van der Waals surface area contributed by atoms with Crippen molar-refractivity contribution >= 4 is 29.1 Å². The van der Waals surface area contributed by atoms with Crippen LogP contribution in [-0.2, 0) is 12.8 Å². The summed E-state index contributed by atoms with van der Waals surface area (Å²) in [6.07, 6.45) is 4.23. The van der Waals surface area contributed by atoms with Crippen molar-refractivity contribution in [3.05, 3.63) is 57.7 Å². The van der Waals surface area contributed by atoms with E-state index < -0.39 is 0 Å². The number of aromatic nitrogens is 1. The van der Waals surface area contributed by atoms with Gasteiger partial charge in [-0.3, -0.25) is 4.79 Å². The number of thioether (sulfide) groups is 1. The first-order valence-electron chi connectivity index (χ1n) is 7.52. The minimum absolute atomic E-state index is 0.0130. The minimum atomic E-state index is -0.0130. The number of halogens is 1. The third kappa shape index (κ3) is 3.74. The summed E-state index contributed by atoms with van der Waals surface area (Å²) in [7, 11) is 0.